The number of rotatable bonds is 6. The van der Waals surface area contributed by atoms with Gasteiger partial charge in [0.2, 0.25) is 12.2 Å². The Morgan fingerprint density at radius 3 is 2.10 bits per heavy atom. The van der Waals surface area contributed by atoms with Crippen LogP contribution in [0, 0.1) is 5.41 Å². The molecule has 0 spiro atoms. The molecule has 2 aliphatic rings. The standard InChI is InChI=1S/C28H34Cl3NO7Si/c1-27(2,3)40(4,5)39-21-20-19(16-34-24(37-20)18-14-10-7-11-15-18)35-25(38-26(32)28(29,30)31)22(21)36-23(33)17-12-8-6-9-13-17/h6-15,19-22,24-25,32H,16H2,1-5H3/t19-,20-,21?,22-,24?,25-/m1/s1. The molecule has 0 amide bonds. The number of carbonyl (C=O) groups excluding carboxylic acids is 1. The molecule has 2 aromatic carbocycles. The highest BCUT2D eigenvalue weighted by atomic mass is 35.6. The van der Waals surface area contributed by atoms with Gasteiger partial charge in [-0.3, -0.25) is 5.41 Å². The average Bonchev–Trinajstić information content (AvgIpc) is 2.90. The summed E-state index contributed by atoms with van der Waals surface area (Å²) in [6.07, 6.45) is -5.45. The highest BCUT2D eigenvalue weighted by Gasteiger charge is 2.56. The number of benzene rings is 2. The average molecular weight is 631 g/mol. The van der Waals surface area contributed by atoms with Crippen molar-refractivity contribution in [1.29, 1.82) is 5.41 Å². The number of nitrogens with one attached hydrogen (secondary N) is 1. The van der Waals surface area contributed by atoms with Crippen molar-refractivity contribution in [3.05, 3.63) is 71.8 Å². The van der Waals surface area contributed by atoms with Crippen LogP contribution < -0.4 is 0 Å². The molecule has 0 saturated carbocycles. The first-order chi connectivity index (χ1) is 18.7. The normalized spacial score (nSPS) is 27.4. The molecular formula is C28H34Cl3NO7Si. The fourth-order valence-corrected chi connectivity index (χ4v) is 5.58. The zero-order valence-corrected chi connectivity index (χ0v) is 26.2. The number of carbonyl (C=O) groups is 1. The van der Waals surface area contributed by atoms with E-state index >= 15 is 0 Å². The van der Waals surface area contributed by atoms with Gasteiger partial charge in [-0.25, -0.2) is 4.79 Å². The summed E-state index contributed by atoms with van der Waals surface area (Å²) < 4.78 is 35.1. The second kappa shape index (κ2) is 12.3. The maximum Gasteiger partial charge on any atom is 0.338 e. The van der Waals surface area contributed by atoms with Gasteiger partial charge in [0.25, 0.3) is 3.79 Å². The largest absolute Gasteiger partial charge is 0.449 e. The molecule has 218 valence electrons. The summed E-state index contributed by atoms with van der Waals surface area (Å²) in [5, 5.41) is 8.01. The Morgan fingerprint density at radius 1 is 0.925 bits per heavy atom. The van der Waals surface area contributed by atoms with E-state index in [9.17, 15) is 4.79 Å². The van der Waals surface area contributed by atoms with Gasteiger partial charge in [0.05, 0.1) is 12.2 Å². The highest BCUT2D eigenvalue weighted by molar-refractivity contribution is 6.76. The lowest BCUT2D eigenvalue weighted by Crippen LogP contribution is -2.66. The minimum absolute atomic E-state index is 0.127. The van der Waals surface area contributed by atoms with Crippen molar-refractivity contribution in [2.45, 2.75) is 79.7 Å². The monoisotopic (exact) mass is 629 g/mol. The van der Waals surface area contributed by atoms with E-state index < -0.39 is 61.0 Å². The van der Waals surface area contributed by atoms with Crippen LogP contribution in [0.25, 0.3) is 0 Å². The van der Waals surface area contributed by atoms with Crippen LogP contribution >= 0.6 is 34.8 Å². The molecule has 6 atom stereocenters. The molecule has 2 saturated heterocycles. The lowest BCUT2D eigenvalue weighted by molar-refractivity contribution is -0.349. The topological polar surface area (TPSA) is 96.3 Å². The number of fused-ring (bicyclic) bond motifs is 1. The molecule has 8 nitrogen and oxygen atoms in total. The van der Waals surface area contributed by atoms with E-state index in [0.717, 1.165) is 5.56 Å². The third-order valence-corrected chi connectivity index (χ3v) is 12.3. The summed E-state index contributed by atoms with van der Waals surface area (Å²) in [5.41, 5.74) is 1.14. The van der Waals surface area contributed by atoms with Crippen LogP contribution in [0.1, 0.15) is 43.0 Å². The second-order valence-electron chi connectivity index (χ2n) is 11.2. The summed E-state index contributed by atoms with van der Waals surface area (Å²) in [6.45, 7) is 10.6. The van der Waals surface area contributed by atoms with Gasteiger partial charge in [-0.1, -0.05) is 104 Å². The minimum Gasteiger partial charge on any atom is -0.449 e. The van der Waals surface area contributed by atoms with E-state index in [1.165, 1.54) is 0 Å². The van der Waals surface area contributed by atoms with Crippen molar-refractivity contribution >= 4 is 55.0 Å². The summed E-state index contributed by atoms with van der Waals surface area (Å²) in [6, 6.07) is 18.0. The van der Waals surface area contributed by atoms with Crippen molar-refractivity contribution in [2.24, 2.45) is 0 Å². The Balaban J connectivity index is 1.74. The summed E-state index contributed by atoms with van der Waals surface area (Å²) in [7, 11) is -2.50. The molecule has 4 rings (SSSR count). The summed E-state index contributed by atoms with van der Waals surface area (Å²) in [5.74, 6) is -1.32. The predicted molar refractivity (Wildman–Crippen MR) is 155 cm³/mol. The fourth-order valence-electron chi connectivity index (χ4n) is 4.15. The van der Waals surface area contributed by atoms with E-state index in [0.29, 0.717) is 5.56 Å². The van der Waals surface area contributed by atoms with Gasteiger partial charge in [0.15, 0.2) is 20.7 Å². The zero-order chi connectivity index (χ0) is 29.3. The van der Waals surface area contributed by atoms with Crippen molar-refractivity contribution in [3.63, 3.8) is 0 Å². The molecule has 2 aromatic rings. The molecule has 2 fully saturated rings. The predicted octanol–water partition coefficient (Wildman–Crippen LogP) is 6.81. The SMILES string of the molecule is CC(C)(C)[Si](C)(C)OC1[C@@H](OC(=O)c2ccccc2)[C@@H](OC(=N)C(Cl)(Cl)Cl)O[C@@H]2COC(c3ccccc3)O[C@@H]12. The molecule has 0 radical (unpaired) electrons. The third-order valence-electron chi connectivity index (χ3n) is 7.34. The maximum atomic E-state index is 13.3. The van der Waals surface area contributed by atoms with Crippen molar-refractivity contribution < 1.29 is 32.9 Å². The number of hydrogen-bond acceptors (Lipinski definition) is 8. The molecule has 2 heterocycles. The van der Waals surface area contributed by atoms with Gasteiger partial charge in [0.1, 0.15) is 18.3 Å². The quantitative estimate of drug-likeness (QED) is 0.123. The van der Waals surface area contributed by atoms with Crippen LogP contribution in [0.3, 0.4) is 0 Å². The Labute approximate surface area is 250 Å². The van der Waals surface area contributed by atoms with E-state index in [4.69, 9.17) is 68.3 Å². The van der Waals surface area contributed by atoms with Gasteiger partial charge in [-0.2, -0.15) is 0 Å². The molecule has 2 aliphatic heterocycles. The van der Waals surface area contributed by atoms with Gasteiger partial charge in [-0.05, 0) is 30.3 Å². The molecule has 12 heteroatoms. The number of esters is 1. The van der Waals surface area contributed by atoms with Gasteiger partial charge in [-0.15, -0.1) is 0 Å². The maximum absolute atomic E-state index is 13.3. The van der Waals surface area contributed by atoms with Crippen molar-refractivity contribution in [1.82, 2.24) is 0 Å². The smallest absolute Gasteiger partial charge is 0.338 e. The fraction of sp³-hybridized carbons (Fsp3) is 0.500. The molecule has 40 heavy (non-hydrogen) atoms. The molecule has 0 bridgehead atoms. The number of halogens is 3. The van der Waals surface area contributed by atoms with Crippen LogP contribution in [0.4, 0.5) is 0 Å². The van der Waals surface area contributed by atoms with Crippen LogP contribution in [0.2, 0.25) is 18.1 Å². The van der Waals surface area contributed by atoms with Crippen molar-refractivity contribution in [2.75, 3.05) is 6.61 Å². The van der Waals surface area contributed by atoms with E-state index in [-0.39, 0.29) is 11.6 Å². The van der Waals surface area contributed by atoms with Crippen LogP contribution in [-0.4, -0.2) is 61.3 Å². The molecule has 0 aliphatic carbocycles. The third kappa shape index (κ3) is 7.20. The summed E-state index contributed by atoms with van der Waals surface area (Å²) in [4.78, 5) is 13.3. The Kier molecular flexibility index (Phi) is 9.59. The summed E-state index contributed by atoms with van der Waals surface area (Å²) >= 11 is 17.8. The molecule has 0 aromatic heterocycles. The lowest BCUT2D eigenvalue weighted by Gasteiger charge is -2.51. The second-order valence-corrected chi connectivity index (χ2v) is 18.3. The number of ether oxygens (including phenoxy) is 5. The Morgan fingerprint density at radius 2 is 1.52 bits per heavy atom. The number of alkyl halides is 3. The van der Waals surface area contributed by atoms with E-state index in [2.05, 4.69) is 33.9 Å². The molecular weight excluding hydrogens is 597 g/mol. The lowest BCUT2D eigenvalue weighted by atomic mass is 9.97. The molecule has 1 N–H and O–H groups in total. The van der Waals surface area contributed by atoms with E-state index in [1.807, 2.05) is 30.3 Å². The first kappa shape index (κ1) is 31.2. The minimum atomic E-state index is -2.50. The first-order valence-electron chi connectivity index (χ1n) is 12.9. The number of hydrogen-bond donors (Lipinski definition) is 1. The Hall–Kier alpha value is -1.69. The highest BCUT2D eigenvalue weighted by Crippen LogP contribution is 2.43. The van der Waals surface area contributed by atoms with Gasteiger partial charge in [0, 0.05) is 5.56 Å². The Bertz CT molecular complexity index is 1170. The van der Waals surface area contributed by atoms with Crippen LogP contribution in [0.15, 0.2) is 60.7 Å². The van der Waals surface area contributed by atoms with Gasteiger partial charge < -0.3 is 28.1 Å². The van der Waals surface area contributed by atoms with Gasteiger partial charge >= 0.3 is 5.97 Å². The zero-order valence-electron chi connectivity index (χ0n) is 22.9. The van der Waals surface area contributed by atoms with Crippen LogP contribution in [-0.2, 0) is 28.1 Å². The first-order valence-corrected chi connectivity index (χ1v) is 17.0. The van der Waals surface area contributed by atoms with E-state index in [1.54, 1.807) is 30.3 Å². The van der Waals surface area contributed by atoms with Crippen LogP contribution in [0.5, 0.6) is 0 Å². The molecule has 2 unspecified atom stereocenters. The van der Waals surface area contributed by atoms with Crippen molar-refractivity contribution in [3.8, 4) is 0 Å².